The number of carboxylic acid groups (broad SMARTS) is 1. The van der Waals surface area contributed by atoms with E-state index in [4.69, 9.17) is 5.11 Å². The van der Waals surface area contributed by atoms with Gasteiger partial charge in [0.05, 0.1) is 28.7 Å². The Bertz CT molecular complexity index is 1980. The van der Waals surface area contributed by atoms with Gasteiger partial charge in [0.15, 0.2) is 0 Å². The van der Waals surface area contributed by atoms with Crippen LogP contribution in [-0.4, -0.2) is 40.9 Å². The highest BCUT2D eigenvalue weighted by Gasteiger charge is 2.33. The average molecular weight is 717 g/mol. The zero-order chi connectivity index (χ0) is 36.0. The van der Waals surface area contributed by atoms with Crippen molar-refractivity contribution in [2.75, 3.05) is 16.8 Å². The first-order valence-electron chi connectivity index (χ1n) is 16.6. The number of carboxylic acids is 1. The Kier molecular flexibility index (Phi) is 10.8. The highest BCUT2D eigenvalue weighted by atomic mass is 32.1. The van der Waals surface area contributed by atoms with Gasteiger partial charge in [0.25, 0.3) is 5.91 Å². The van der Waals surface area contributed by atoms with Crippen molar-refractivity contribution in [2.45, 2.75) is 57.3 Å². The van der Waals surface area contributed by atoms with Crippen LogP contribution in [0.3, 0.4) is 0 Å². The van der Waals surface area contributed by atoms with Crippen LogP contribution >= 0.6 is 11.3 Å². The number of carbonyl (C=O) groups excluding carboxylic acids is 2. The van der Waals surface area contributed by atoms with Crippen molar-refractivity contribution in [3.63, 3.8) is 0 Å². The maximum Gasteiger partial charge on any atom is 0.573 e. The third-order valence-electron chi connectivity index (χ3n) is 8.69. The molecule has 1 aliphatic carbocycles. The van der Waals surface area contributed by atoms with E-state index in [0.29, 0.717) is 33.3 Å². The van der Waals surface area contributed by atoms with Crippen LogP contribution in [0.2, 0.25) is 0 Å². The maximum absolute atomic E-state index is 14.0. The van der Waals surface area contributed by atoms with Crippen LogP contribution in [0.4, 0.5) is 29.3 Å². The molecule has 13 heteroatoms. The summed E-state index contributed by atoms with van der Waals surface area (Å²) in [6.45, 7) is 0.0974. The Hall–Kier alpha value is -5.43. The van der Waals surface area contributed by atoms with Gasteiger partial charge in [-0.05, 0) is 84.5 Å². The Labute approximate surface area is 296 Å². The van der Waals surface area contributed by atoms with Gasteiger partial charge in [-0.2, -0.15) is 0 Å². The quantitative estimate of drug-likeness (QED) is 0.125. The molecule has 1 heterocycles. The Morgan fingerprint density at radius 1 is 0.922 bits per heavy atom. The number of aliphatic carboxylic acids is 1. The topological polar surface area (TPSA) is 121 Å². The van der Waals surface area contributed by atoms with Crippen molar-refractivity contribution in [1.29, 1.82) is 0 Å². The Morgan fingerprint density at radius 2 is 1.65 bits per heavy atom. The van der Waals surface area contributed by atoms with Crippen LogP contribution in [0.25, 0.3) is 20.8 Å². The van der Waals surface area contributed by atoms with Gasteiger partial charge in [-0.15, -0.1) is 24.5 Å². The smallest absolute Gasteiger partial charge is 0.481 e. The summed E-state index contributed by atoms with van der Waals surface area (Å²) in [6.07, 6.45) is 0.685. The second kappa shape index (κ2) is 15.6. The average Bonchev–Trinajstić information content (AvgIpc) is 3.55. The second-order valence-corrected chi connectivity index (χ2v) is 13.3. The van der Waals surface area contributed by atoms with E-state index >= 15 is 0 Å². The van der Waals surface area contributed by atoms with Crippen molar-refractivity contribution >= 4 is 50.8 Å². The molecule has 5 aromatic rings. The van der Waals surface area contributed by atoms with E-state index in [1.807, 2.05) is 36.4 Å². The summed E-state index contributed by atoms with van der Waals surface area (Å²) >= 11 is 1.21. The number of alkyl halides is 3. The predicted octanol–water partition coefficient (Wildman–Crippen LogP) is 9.35. The summed E-state index contributed by atoms with van der Waals surface area (Å²) in [5.74, 6) is -1.42. The zero-order valence-corrected chi connectivity index (χ0v) is 28.2. The first-order valence-corrected chi connectivity index (χ1v) is 17.4. The molecule has 1 aromatic heterocycles. The number of hydrogen-bond acceptors (Lipinski definition) is 6. The van der Waals surface area contributed by atoms with Gasteiger partial charge in [-0.1, -0.05) is 55.7 Å². The number of ether oxygens (including phenoxy) is 1. The number of carbonyl (C=O) groups is 3. The number of rotatable bonds is 11. The minimum Gasteiger partial charge on any atom is -0.481 e. The molecule has 6 rings (SSSR count). The fourth-order valence-corrected chi connectivity index (χ4v) is 7.13. The second-order valence-electron chi connectivity index (χ2n) is 12.3. The monoisotopic (exact) mass is 716 g/mol. The number of hydrogen-bond donors (Lipinski definition) is 3. The molecule has 0 spiro atoms. The van der Waals surface area contributed by atoms with Gasteiger partial charge in [0, 0.05) is 23.5 Å². The number of benzene rings is 4. The number of nitrogens with zero attached hydrogens (tertiary/aromatic N) is 2. The number of anilines is 2. The number of urea groups is 1. The number of halogens is 3. The van der Waals surface area contributed by atoms with Crippen LogP contribution in [0.15, 0.2) is 91.0 Å². The largest absolute Gasteiger partial charge is 0.573 e. The standard InChI is InChI=1S/C38H35F3N4O5S/c39-38(40,41)50-32-19-16-28(22-30(32)36-44-31-8-4-5-9-33(31)51-36)43-37(49)45(29-17-14-26(15-18-29)25-6-2-1-3-7-25)23-24-10-12-27(13-11-24)35(48)42-21-20-34(46)47/h4-5,8-19,22,25H,1-3,6-7,20-21,23H2,(H,42,48)(H,43,49)(H,46,47). The number of thiazole rings is 1. The van der Waals surface area contributed by atoms with Crippen molar-refractivity contribution in [3.8, 4) is 16.3 Å². The summed E-state index contributed by atoms with van der Waals surface area (Å²) in [5.41, 5.74) is 3.78. The molecule has 3 N–H and O–H groups in total. The Balaban J connectivity index is 1.28. The SMILES string of the molecule is O=C(O)CCNC(=O)c1ccc(CN(C(=O)Nc2ccc(OC(F)(F)F)c(-c3nc4ccccc4s3)c2)c2ccc(C3CCCCC3)cc2)cc1. The summed E-state index contributed by atoms with van der Waals surface area (Å²) in [5, 5.41) is 14.6. The highest BCUT2D eigenvalue weighted by Crippen LogP contribution is 2.40. The normalized spacial score (nSPS) is 13.5. The molecule has 9 nitrogen and oxygen atoms in total. The lowest BCUT2D eigenvalue weighted by atomic mass is 9.84. The lowest BCUT2D eigenvalue weighted by Crippen LogP contribution is -2.34. The lowest BCUT2D eigenvalue weighted by Gasteiger charge is -2.26. The van der Waals surface area contributed by atoms with Crippen molar-refractivity contribution < 1.29 is 37.4 Å². The van der Waals surface area contributed by atoms with Gasteiger partial charge >= 0.3 is 18.4 Å². The molecule has 1 saturated carbocycles. The van der Waals surface area contributed by atoms with E-state index in [1.165, 1.54) is 53.2 Å². The molecule has 1 aliphatic rings. The van der Waals surface area contributed by atoms with E-state index in [0.717, 1.165) is 23.6 Å². The van der Waals surface area contributed by atoms with Crippen molar-refractivity contribution in [1.82, 2.24) is 10.3 Å². The van der Waals surface area contributed by atoms with Gasteiger partial charge in [-0.25, -0.2) is 9.78 Å². The van der Waals surface area contributed by atoms with E-state index in [1.54, 1.807) is 36.4 Å². The number of fused-ring (bicyclic) bond motifs is 1. The van der Waals surface area contributed by atoms with Crippen LogP contribution in [0, 0.1) is 0 Å². The molecular formula is C38H35F3N4O5S. The van der Waals surface area contributed by atoms with Crippen molar-refractivity contribution in [3.05, 3.63) is 108 Å². The van der Waals surface area contributed by atoms with E-state index < -0.39 is 30.0 Å². The molecule has 1 fully saturated rings. The maximum atomic E-state index is 14.0. The summed E-state index contributed by atoms with van der Waals surface area (Å²) < 4.78 is 45.3. The van der Waals surface area contributed by atoms with Gasteiger partial charge < -0.3 is 20.5 Å². The van der Waals surface area contributed by atoms with Gasteiger partial charge in [0.2, 0.25) is 0 Å². The molecule has 3 amide bonds. The number of nitrogens with one attached hydrogen (secondary N) is 2. The molecule has 0 saturated heterocycles. The molecule has 0 unspecified atom stereocenters. The minimum atomic E-state index is -4.94. The summed E-state index contributed by atoms with van der Waals surface area (Å²) in [6, 6.07) is 25.0. The zero-order valence-electron chi connectivity index (χ0n) is 27.4. The van der Waals surface area contributed by atoms with Crippen LogP contribution in [0.1, 0.15) is 65.9 Å². The highest BCUT2D eigenvalue weighted by molar-refractivity contribution is 7.21. The van der Waals surface area contributed by atoms with Crippen LogP contribution < -0.4 is 20.3 Å². The van der Waals surface area contributed by atoms with E-state index in [-0.39, 0.29) is 30.8 Å². The number of para-hydroxylation sites is 1. The molecule has 264 valence electrons. The minimum absolute atomic E-state index is 0.00921. The van der Waals surface area contributed by atoms with Gasteiger partial charge in [0.1, 0.15) is 10.8 Å². The Morgan fingerprint density at radius 3 is 2.33 bits per heavy atom. The molecule has 0 bridgehead atoms. The predicted molar refractivity (Wildman–Crippen MR) is 190 cm³/mol. The lowest BCUT2D eigenvalue weighted by molar-refractivity contribution is -0.274. The molecule has 4 aromatic carbocycles. The molecule has 51 heavy (non-hydrogen) atoms. The summed E-state index contributed by atoms with van der Waals surface area (Å²) in [4.78, 5) is 43.3. The van der Waals surface area contributed by atoms with Crippen molar-refractivity contribution in [2.24, 2.45) is 0 Å². The van der Waals surface area contributed by atoms with E-state index in [9.17, 15) is 27.6 Å². The molecule has 0 aliphatic heterocycles. The number of amides is 3. The van der Waals surface area contributed by atoms with Crippen LogP contribution in [-0.2, 0) is 11.3 Å². The molecular weight excluding hydrogens is 682 g/mol. The fourth-order valence-electron chi connectivity index (χ4n) is 6.14. The third kappa shape index (κ3) is 9.23. The third-order valence-corrected chi connectivity index (χ3v) is 9.76. The van der Waals surface area contributed by atoms with Crippen LogP contribution in [0.5, 0.6) is 5.75 Å². The first-order chi connectivity index (χ1) is 24.5. The summed E-state index contributed by atoms with van der Waals surface area (Å²) in [7, 11) is 0. The molecule has 0 atom stereocenters. The van der Waals surface area contributed by atoms with E-state index in [2.05, 4.69) is 20.4 Å². The van der Waals surface area contributed by atoms with Gasteiger partial charge in [-0.3, -0.25) is 14.5 Å². The fraction of sp³-hybridized carbons (Fsp3) is 0.263. The first kappa shape index (κ1) is 35.4. The molecule has 0 radical (unpaired) electrons. The number of aromatic nitrogens is 1.